The van der Waals surface area contributed by atoms with E-state index < -0.39 is 0 Å². The number of thiocarbonyl (C=S) groups is 1. The first-order chi connectivity index (χ1) is 4.33. The zero-order valence-electron chi connectivity index (χ0n) is 4.92. The molecule has 1 N–H and O–H groups in total. The minimum atomic E-state index is 0.863. The maximum absolute atomic E-state index is 4.57. The summed E-state index contributed by atoms with van der Waals surface area (Å²) < 4.78 is 0. The molecule has 0 unspecified atom stereocenters. The summed E-state index contributed by atoms with van der Waals surface area (Å²) in [7, 11) is 0. The molecule has 0 aromatic carbocycles. The fraction of sp³-hybridized carbons (Fsp3) is 0.200. The van der Waals surface area contributed by atoms with Gasteiger partial charge in [0, 0.05) is 11.1 Å². The molecule has 2 nitrogen and oxygen atoms in total. The number of anilines is 1. The Morgan fingerprint density at radius 3 is 3.11 bits per heavy atom. The molecule has 0 amide bonds. The largest absolute Gasteiger partial charge is 0.329 e. The molecule has 0 saturated carbocycles. The third-order valence-electron chi connectivity index (χ3n) is 0.804. The smallest absolute Gasteiger partial charge is 0.187 e. The van der Waals surface area contributed by atoms with Gasteiger partial charge in [0.2, 0.25) is 0 Å². The molecular formula is C5H6N2S2. The predicted molar refractivity (Wildman–Crippen MR) is 44.1 cm³/mol. The molecule has 0 radical (unpaired) electrons. The van der Waals surface area contributed by atoms with E-state index in [1.54, 1.807) is 11.3 Å². The van der Waals surface area contributed by atoms with Gasteiger partial charge in [-0.05, 0) is 6.92 Å². The van der Waals surface area contributed by atoms with E-state index in [-0.39, 0.29) is 0 Å². The fourth-order valence-electron chi connectivity index (χ4n) is 0.472. The van der Waals surface area contributed by atoms with Crippen molar-refractivity contribution in [2.75, 3.05) is 5.32 Å². The van der Waals surface area contributed by atoms with E-state index in [1.807, 2.05) is 13.1 Å². The van der Waals surface area contributed by atoms with Gasteiger partial charge in [0.25, 0.3) is 0 Å². The van der Waals surface area contributed by atoms with Crippen LogP contribution in [0.5, 0.6) is 0 Å². The molecular weight excluding hydrogens is 152 g/mol. The minimum Gasteiger partial charge on any atom is -0.329 e. The Balaban J connectivity index is 2.72. The van der Waals surface area contributed by atoms with Gasteiger partial charge in [-0.3, -0.25) is 0 Å². The number of thiazole rings is 1. The third kappa shape index (κ3) is 1.73. The summed E-state index contributed by atoms with van der Waals surface area (Å²) in [4.78, 5) is 5.20. The van der Waals surface area contributed by atoms with Crippen LogP contribution in [0.2, 0.25) is 0 Å². The molecule has 0 atom stereocenters. The summed E-state index contributed by atoms with van der Waals surface area (Å²) >= 11 is 6.17. The topological polar surface area (TPSA) is 24.9 Å². The normalized spacial score (nSPS) is 9.00. The van der Waals surface area contributed by atoms with Gasteiger partial charge in [0.15, 0.2) is 5.13 Å². The Kier molecular flexibility index (Phi) is 2.13. The average Bonchev–Trinajstić information content (AvgIpc) is 2.17. The molecule has 0 spiro atoms. The molecule has 48 valence electrons. The first-order valence-electron chi connectivity index (χ1n) is 2.45. The Hall–Kier alpha value is -0.480. The molecule has 4 heteroatoms. The van der Waals surface area contributed by atoms with Gasteiger partial charge in [-0.25, -0.2) is 4.98 Å². The molecule has 0 bridgehead atoms. The number of rotatable bonds is 2. The maximum atomic E-state index is 4.57. The summed E-state index contributed by atoms with van der Waals surface area (Å²) in [5, 5.41) is 3.69. The third-order valence-corrected chi connectivity index (χ3v) is 1.77. The van der Waals surface area contributed by atoms with Crippen LogP contribution in [0.1, 0.15) is 4.88 Å². The Labute approximate surface area is 62.9 Å². The number of hydrogen-bond acceptors (Lipinski definition) is 3. The van der Waals surface area contributed by atoms with Gasteiger partial charge in [-0.15, -0.1) is 11.3 Å². The maximum Gasteiger partial charge on any atom is 0.187 e. The van der Waals surface area contributed by atoms with Crippen molar-refractivity contribution in [2.45, 2.75) is 6.92 Å². The monoisotopic (exact) mass is 158 g/mol. The molecule has 1 aromatic heterocycles. The van der Waals surface area contributed by atoms with Gasteiger partial charge in [0.05, 0.1) is 5.49 Å². The minimum absolute atomic E-state index is 0.863. The van der Waals surface area contributed by atoms with Gasteiger partial charge < -0.3 is 5.32 Å². The molecule has 1 rings (SSSR count). The highest BCUT2D eigenvalue weighted by Crippen LogP contribution is 2.14. The van der Waals surface area contributed by atoms with Crippen molar-refractivity contribution in [3.05, 3.63) is 11.1 Å². The second-order valence-corrected chi connectivity index (χ2v) is 3.01. The summed E-state index contributed by atoms with van der Waals surface area (Å²) in [6, 6.07) is 0. The van der Waals surface area contributed by atoms with Crippen LogP contribution in [0, 0.1) is 6.92 Å². The van der Waals surface area contributed by atoms with E-state index in [9.17, 15) is 0 Å². The van der Waals surface area contributed by atoms with Crippen molar-refractivity contribution in [1.29, 1.82) is 0 Å². The van der Waals surface area contributed by atoms with Crippen molar-refractivity contribution in [3.63, 3.8) is 0 Å². The average molecular weight is 158 g/mol. The number of nitrogens with one attached hydrogen (secondary N) is 1. The summed E-state index contributed by atoms with van der Waals surface area (Å²) in [6.45, 7) is 2.01. The van der Waals surface area contributed by atoms with Gasteiger partial charge in [0.1, 0.15) is 0 Å². The lowest BCUT2D eigenvalue weighted by Gasteiger charge is -1.85. The summed E-state index contributed by atoms with van der Waals surface area (Å²) in [5.41, 5.74) is 1.46. The van der Waals surface area contributed by atoms with Crippen molar-refractivity contribution in [3.8, 4) is 0 Å². The summed E-state index contributed by atoms with van der Waals surface area (Å²) in [6.07, 6.45) is 1.81. The van der Waals surface area contributed by atoms with E-state index in [0.29, 0.717) is 0 Å². The van der Waals surface area contributed by atoms with Gasteiger partial charge >= 0.3 is 0 Å². The van der Waals surface area contributed by atoms with Crippen LogP contribution < -0.4 is 5.32 Å². The Bertz CT molecular complexity index is 206. The lowest BCUT2D eigenvalue weighted by atomic mass is 10.7. The van der Waals surface area contributed by atoms with E-state index in [4.69, 9.17) is 0 Å². The van der Waals surface area contributed by atoms with Crippen LogP contribution in [-0.2, 0) is 0 Å². The molecule has 0 saturated heterocycles. The van der Waals surface area contributed by atoms with E-state index in [2.05, 4.69) is 22.5 Å². The second-order valence-electron chi connectivity index (χ2n) is 1.54. The first kappa shape index (κ1) is 6.64. The lowest BCUT2D eigenvalue weighted by Crippen LogP contribution is -1.88. The second kappa shape index (κ2) is 2.89. The zero-order valence-corrected chi connectivity index (χ0v) is 6.55. The summed E-state index contributed by atoms with van der Waals surface area (Å²) in [5.74, 6) is 0. The van der Waals surface area contributed by atoms with Crippen molar-refractivity contribution < 1.29 is 0 Å². The highest BCUT2D eigenvalue weighted by Gasteiger charge is 1.92. The van der Waals surface area contributed by atoms with Crippen LogP contribution in [0.25, 0.3) is 0 Å². The van der Waals surface area contributed by atoms with Gasteiger partial charge in [-0.2, -0.15) is 0 Å². The number of aromatic nitrogens is 1. The first-order valence-corrected chi connectivity index (χ1v) is 3.74. The molecule has 9 heavy (non-hydrogen) atoms. The molecule has 0 aliphatic carbocycles. The standard InChI is InChI=1S/C5H6N2S2/c1-4-2-6-5(9-4)7-3-8/h2-3H,1H3,(H,6,7,8). The van der Waals surface area contributed by atoms with Crippen LogP contribution in [0.4, 0.5) is 5.13 Å². The van der Waals surface area contributed by atoms with Crippen LogP contribution in [-0.4, -0.2) is 10.5 Å². The van der Waals surface area contributed by atoms with Crippen LogP contribution in [0.15, 0.2) is 6.20 Å². The SMILES string of the molecule is Cc1cnc(NC=S)s1. The van der Waals surface area contributed by atoms with Crippen LogP contribution >= 0.6 is 23.6 Å². The number of hydrogen-bond donors (Lipinski definition) is 1. The van der Waals surface area contributed by atoms with E-state index in [1.165, 1.54) is 10.4 Å². The van der Waals surface area contributed by atoms with Crippen LogP contribution in [0.3, 0.4) is 0 Å². The van der Waals surface area contributed by atoms with E-state index >= 15 is 0 Å². The van der Waals surface area contributed by atoms with E-state index in [0.717, 1.165) is 5.13 Å². The highest BCUT2D eigenvalue weighted by molar-refractivity contribution is 7.79. The Morgan fingerprint density at radius 2 is 2.67 bits per heavy atom. The van der Waals surface area contributed by atoms with Crippen molar-refractivity contribution >= 4 is 34.2 Å². The molecule has 0 fully saturated rings. The van der Waals surface area contributed by atoms with Crippen molar-refractivity contribution in [1.82, 2.24) is 4.98 Å². The van der Waals surface area contributed by atoms with Gasteiger partial charge in [-0.1, -0.05) is 12.2 Å². The molecule has 0 aliphatic rings. The predicted octanol–water partition coefficient (Wildman–Crippen LogP) is 1.82. The number of aryl methyl sites for hydroxylation is 1. The molecule has 1 heterocycles. The Morgan fingerprint density at radius 1 is 1.89 bits per heavy atom. The molecule has 0 aliphatic heterocycles. The lowest BCUT2D eigenvalue weighted by molar-refractivity contribution is 1.38. The number of nitrogens with zero attached hydrogens (tertiary/aromatic N) is 1. The molecule has 1 aromatic rings. The zero-order chi connectivity index (χ0) is 6.69. The fourth-order valence-corrected chi connectivity index (χ4v) is 1.29. The highest BCUT2D eigenvalue weighted by atomic mass is 32.1. The van der Waals surface area contributed by atoms with Crippen molar-refractivity contribution in [2.24, 2.45) is 0 Å². The quantitative estimate of drug-likeness (QED) is 0.664.